The number of furan rings is 1. The summed E-state index contributed by atoms with van der Waals surface area (Å²) in [4.78, 5) is 5.13. The second kappa shape index (κ2) is 7.28. The van der Waals surface area contributed by atoms with Crippen molar-refractivity contribution in [1.29, 1.82) is 0 Å². The third-order valence-corrected chi connectivity index (χ3v) is 4.78. The third-order valence-electron chi connectivity index (χ3n) is 3.92. The van der Waals surface area contributed by atoms with Gasteiger partial charge in [-0.1, -0.05) is 24.3 Å². The zero-order chi connectivity index (χ0) is 18.8. The van der Waals surface area contributed by atoms with E-state index in [0.717, 1.165) is 28.8 Å². The van der Waals surface area contributed by atoms with E-state index in [1.807, 2.05) is 42.6 Å². The fraction of sp³-hybridized carbons (Fsp3) is 0.100. The number of aromatic nitrogens is 1. The van der Waals surface area contributed by atoms with Gasteiger partial charge >= 0.3 is 0 Å². The minimum Gasteiger partial charge on any atom is -0.454 e. The van der Waals surface area contributed by atoms with Crippen LogP contribution in [-0.4, -0.2) is 17.4 Å². The monoisotopic (exact) mass is 383 g/mol. The van der Waals surface area contributed by atoms with Crippen molar-refractivity contribution in [3.63, 3.8) is 0 Å². The van der Waals surface area contributed by atoms with Gasteiger partial charge in [0.1, 0.15) is 11.3 Å². The highest BCUT2D eigenvalue weighted by Crippen LogP contribution is 2.28. The zero-order valence-electron chi connectivity index (χ0n) is 14.4. The van der Waals surface area contributed by atoms with E-state index in [1.54, 1.807) is 4.68 Å². The molecule has 0 fully saturated rings. The predicted octanol–water partition coefficient (Wildman–Crippen LogP) is 5.04. The highest BCUT2D eigenvalue weighted by Gasteiger charge is 2.12. The molecule has 0 N–H and O–H groups in total. The fourth-order valence-corrected chi connectivity index (χ4v) is 3.53. The van der Waals surface area contributed by atoms with Gasteiger partial charge in [-0.3, -0.25) is 4.99 Å². The summed E-state index contributed by atoms with van der Waals surface area (Å²) in [5.74, 6) is -1.14. The first-order valence-electron chi connectivity index (χ1n) is 8.35. The van der Waals surface area contributed by atoms with Gasteiger partial charge in [0.05, 0.1) is 6.21 Å². The summed E-state index contributed by atoms with van der Waals surface area (Å²) in [6.07, 6.45) is 1.47. The quantitative estimate of drug-likeness (QED) is 0.455. The van der Waals surface area contributed by atoms with Crippen molar-refractivity contribution in [2.75, 3.05) is 6.54 Å². The maximum absolute atomic E-state index is 13.4. The first-order chi connectivity index (χ1) is 13.2. The molecular weight excluding hydrogens is 368 g/mol. The lowest BCUT2D eigenvalue weighted by Crippen LogP contribution is -2.12. The average molecular weight is 383 g/mol. The normalized spacial score (nSPS) is 12.5. The number of benzene rings is 2. The number of rotatable bonds is 4. The summed E-state index contributed by atoms with van der Waals surface area (Å²) in [6, 6.07) is 13.3. The lowest BCUT2D eigenvalue weighted by atomic mass is 10.2. The smallest absolute Gasteiger partial charge is 0.206 e. The summed E-state index contributed by atoms with van der Waals surface area (Å²) in [7, 11) is 0. The Morgan fingerprint density at radius 3 is 2.74 bits per heavy atom. The molecule has 0 radical (unpaired) electrons. The molecule has 0 aliphatic carbocycles. The van der Waals surface area contributed by atoms with Crippen molar-refractivity contribution >= 4 is 28.5 Å². The molecule has 0 saturated carbocycles. The molecule has 0 bridgehead atoms. The third kappa shape index (κ3) is 3.46. The van der Waals surface area contributed by atoms with Crippen molar-refractivity contribution in [2.45, 2.75) is 6.92 Å². The van der Waals surface area contributed by atoms with E-state index in [1.165, 1.54) is 23.6 Å². The SMILES string of the molecule is CCN=c1scc(-c2cc3ccccc3o2)n1N=Cc1ccc(F)c(F)c1. The fourth-order valence-electron chi connectivity index (χ4n) is 2.65. The van der Waals surface area contributed by atoms with Gasteiger partial charge < -0.3 is 4.42 Å². The molecule has 0 spiro atoms. The van der Waals surface area contributed by atoms with E-state index in [2.05, 4.69) is 10.1 Å². The van der Waals surface area contributed by atoms with Gasteiger partial charge in [0, 0.05) is 17.3 Å². The number of halogens is 2. The molecule has 4 rings (SSSR count). The molecule has 2 aromatic carbocycles. The van der Waals surface area contributed by atoms with Crippen LogP contribution in [-0.2, 0) is 0 Å². The Morgan fingerprint density at radius 1 is 1.11 bits per heavy atom. The summed E-state index contributed by atoms with van der Waals surface area (Å²) < 4.78 is 34.1. The second-order valence-electron chi connectivity index (χ2n) is 5.76. The van der Waals surface area contributed by atoms with Crippen molar-refractivity contribution in [3.05, 3.63) is 75.9 Å². The van der Waals surface area contributed by atoms with Crippen LogP contribution in [0.15, 0.2) is 68.4 Å². The topological polar surface area (TPSA) is 42.8 Å². The summed E-state index contributed by atoms with van der Waals surface area (Å²) in [5, 5.41) is 7.33. The van der Waals surface area contributed by atoms with Crippen LogP contribution in [0, 0.1) is 11.6 Å². The lowest BCUT2D eigenvalue weighted by Gasteiger charge is -2.01. The van der Waals surface area contributed by atoms with Crippen LogP contribution in [0.25, 0.3) is 22.4 Å². The average Bonchev–Trinajstić information content (AvgIpc) is 3.26. The molecule has 0 amide bonds. The van der Waals surface area contributed by atoms with Gasteiger partial charge in [-0.15, -0.1) is 11.3 Å². The Labute approximate surface area is 157 Å². The van der Waals surface area contributed by atoms with Gasteiger partial charge in [-0.25, -0.2) is 13.5 Å². The number of thiazole rings is 1. The molecule has 2 heterocycles. The first-order valence-corrected chi connectivity index (χ1v) is 9.23. The Hall–Kier alpha value is -3.06. The van der Waals surface area contributed by atoms with E-state index in [-0.39, 0.29) is 0 Å². The van der Waals surface area contributed by atoms with Crippen LogP contribution in [0.3, 0.4) is 0 Å². The maximum atomic E-state index is 13.4. The van der Waals surface area contributed by atoms with Gasteiger partial charge in [0.15, 0.2) is 17.4 Å². The van der Waals surface area contributed by atoms with Gasteiger partial charge in [0.25, 0.3) is 0 Å². The molecule has 4 nitrogen and oxygen atoms in total. The van der Waals surface area contributed by atoms with E-state index in [4.69, 9.17) is 4.42 Å². The Kier molecular flexibility index (Phi) is 4.68. The van der Waals surface area contributed by atoms with Crippen LogP contribution in [0.4, 0.5) is 8.78 Å². The van der Waals surface area contributed by atoms with E-state index >= 15 is 0 Å². The molecule has 4 aromatic rings. The molecule has 7 heteroatoms. The van der Waals surface area contributed by atoms with E-state index < -0.39 is 11.6 Å². The van der Waals surface area contributed by atoms with Crippen LogP contribution in [0.1, 0.15) is 12.5 Å². The van der Waals surface area contributed by atoms with Crippen LogP contribution in [0.5, 0.6) is 0 Å². The molecule has 0 unspecified atom stereocenters. The Morgan fingerprint density at radius 2 is 1.96 bits per heavy atom. The van der Waals surface area contributed by atoms with E-state index in [9.17, 15) is 8.78 Å². The van der Waals surface area contributed by atoms with Crippen molar-refractivity contribution < 1.29 is 13.2 Å². The molecule has 0 saturated heterocycles. The van der Waals surface area contributed by atoms with Crippen molar-refractivity contribution in [1.82, 2.24) is 4.68 Å². The van der Waals surface area contributed by atoms with Crippen LogP contribution < -0.4 is 4.80 Å². The van der Waals surface area contributed by atoms with Crippen LogP contribution in [0.2, 0.25) is 0 Å². The summed E-state index contributed by atoms with van der Waals surface area (Å²) in [5.41, 5.74) is 1.97. The number of hydrogen-bond donors (Lipinski definition) is 0. The number of para-hydroxylation sites is 1. The molecule has 0 aliphatic heterocycles. The molecular formula is C20H15F2N3OS. The minimum atomic E-state index is -0.912. The van der Waals surface area contributed by atoms with Crippen molar-refractivity contribution in [3.8, 4) is 11.5 Å². The number of fused-ring (bicyclic) bond motifs is 1. The van der Waals surface area contributed by atoms with E-state index in [0.29, 0.717) is 22.7 Å². The Balaban J connectivity index is 1.80. The van der Waals surface area contributed by atoms with Gasteiger partial charge in [-0.05, 0) is 36.8 Å². The van der Waals surface area contributed by atoms with Gasteiger partial charge in [0.2, 0.25) is 4.80 Å². The number of hydrogen-bond acceptors (Lipinski definition) is 4. The summed E-state index contributed by atoms with van der Waals surface area (Å²) >= 11 is 1.43. The zero-order valence-corrected chi connectivity index (χ0v) is 15.2. The predicted molar refractivity (Wildman–Crippen MR) is 103 cm³/mol. The van der Waals surface area contributed by atoms with Gasteiger partial charge in [-0.2, -0.15) is 5.10 Å². The van der Waals surface area contributed by atoms with Crippen LogP contribution >= 0.6 is 11.3 Å². The Bertz CT molecular complexity index is 1170. The summed E-state index contributed by atoms with van der Waals surface area (Å²) in [6.45, 7) is 2.53. The molecule has 27 heavy (non-hydrogen) atoms. The second-order valence-corrected chi connectivity index (χ2v) is 6.59. The molecule has 0 aliphatic rings. The minimum absolute atomic E-state index is 0.450. The standard InChI is InChI=1S/C20H15F2N3OS/c1-2-23-20-25(24-11-13-7-8-15(21)16(22)9-13)17(12-27-20)19-10-14-5-3-4-6-18(14)26-19/h3-12H,2H2,1H3. The molecule has 2 aromatic heterocycles. The highest BCUT2D eigenvalue weighted by molar-refractivity contribution is 7.07. The molecule has 0 atom stereocenters. The molecule has 136 valence electrons. The highest BCUT2D eigenvalue weighted by atomic mass is 32.1. The maximum Gasteiger partial charge on any atom is 0.206 e. The number of nitrogens with zero attached hydrogens (tertiary/aromatic N) is 3. The first kappa shape index (κ1) is 17.4. The largest absolute Gasteiger partial charge is 0.454 e. The van der Waals surface area contributed by atoms with Crippen molar-refractivity contribution in [2.24, 2.45) is 10.1 Å². The lowest BCUT2D eigenvalue weighted by molar-refractivity contribution is 0.508.